The Balaban J connectivity index is 2.26. The zero-order valence-electron chi connectivity index (χ0n) is 8.43. The van der Waals surface area contributed by atoms with Crippen molar-refractivity contribution in [2.75, 3.05) is 5.75 Å². The van der Waals surface area contributed by atoms with Crippen LogP contribution in [0.5, 0.6) is 0 Å². The van der Waals surface area contributed by atoms with Crippen molar-refractivity contribution in [2.24, 2.45) is 0 Å². The number of carbonyl (C=O) groups is 1. The minimum atomic E-state index is 0.176. The third-order valence-corrected chi connectivity index (χ3v) is 3.07. The topological polar surface area (TPSA) is 30.0 Å². The molecule has 0 radical (unpaired) electrons. The van der Waals surface area contributed by atoms with Crippen molar-refractivity contribution in [3.8, 4) is 0 Å². The fourth-order valence-corrected chi connectivity index (χ4v) is 1.98. The second-order valence-electron chi connectivity index (χ2n) is 3.33. The number of para-hydroxylation sites is 1. The maximum Gasteiger partial charge on any atom is 0.140 e. The largest absolute Gasteiger partial charge is 0.299 e. The van der Waals surface area contributed by atoms with E-state index in [1.54, 1.807) is 6.92 Å². The van der Waals surface area contributed by atoms with Gasteiger partial charge in [-0.25, -0.2) is 4.98 Å². The van der Waals surface area contributed by atoms with Crippen molar-refractivity contribution in [1.29, 1.82) is 0 Å². The number of hydrogen-bond donors (Lipinski definition) is 0. The monoisotopic (exact) mass is 217 g/mol. The maximum absolute atomic E-state index is 10.8. The lowest BCUT2D eigenvalue weighted by molar-refractivity contribution is -0.114. The lowest BCUT2D eigenvalue weighted by Crippen LogP contribution is -1.93. The molecule has 2 rings (SSSR count). The number of carbonyl (C=O) groups excluding carboxylic acids is 1. The molecular weight excluding hydrogens is 206 g/mol. The molecule has 3 heteroatoms. The van der Waals surface area contributed by atoms with E-state index in [0.29, 0.717) is 5.75 Å². The van der Waals surface area contributed by atoms with E-state index < -0.39 is 0 Å². The van der Waals surface area contributed by atoms with Gasteiger partial charge in [0.25, 0.3) is 0 Å². The van der Waals surface area contributed by atoms with Crippen molar-refractivity contribution in [2.45, 2.75) is 11.9 Å². The van der Waals surface area contributed by atoms with Gasteiger partial charge in [0.1, 0.15) is 5.78 Å². The molecule has 0 saturated carbocycles. The fourth-order valence-electron chi connectivity index (χ4n) is 1.30. The SMILES string of the molecule is CC(=O)CSc1ccc2ccccc2n1. The number of benzene rings is 1. The number of nitrogens with zero attached hydrogens (tertiary/aromatic N) is 1. The number of rotatable bonds is 3. The Hall–Kier alpha value is -1.35. The van der Waals surface area contributed by atoms with Crippen LogP contribution in [-0.4, -0.2) is 16.5 Å². The average molecular weight is 217 g/mol. The Morgan fingerprint density at radius 1 is 1.27 bits per heavy atom. The number of pyridine rings is 1. The van der Waals surface area contributed by atoms with E-state index in [-0.39, 0.29) is 5.78 Å². The van der Waals surface area contributed by atoms with Crippen LogP contribution in [0.3, 0.4) is 0 Å². The number of thioether (sulfide) groups is 1. The van der Waals surface area contributed by atoms with Gasteiger partial charge in [-0.2, -0.15) is 0 Å². The molecule has 1 heterocycles. The first kappa shape index (κ1) is 10.2. The highest BCUT2D eigenvalue weighted by atomic mass is 32.2. The second-order valence-corrected chi connectivity index (χ2v) is 4.33. The van der Waals surface area contributed by atoms with Crippen LogP contribution in [0.4, 0.5) is 0 Å². The van der Waals surface area contributed by atoms with Crippen LogP contribution in [-0.2, 0) is 4.79 Å². The molecule has 0 unspecified atom stereocenters. The standard InChI is InChI=1S/C12H11NOS/c1-9(14)8-15-12-7-6-10-4-2-3-5-11(10)13-12/h2-7H,8H2,1H3. The Morgan fingerprint density at radius 3 is 2.87 bits per heavy atom. The third kappa shape index (κ3) is 2.57. The van der Waals surface area contributed by atoms with Crippen LogP contribution < -0.4 is 0 Å². The van der Waals surface area contributed by atoms with Gasteiger partial charge in [-0.3, -0.25) is 4.79 Å². The molecule has 0 atom stereocenters. The summed E-state index contributed by atoms with van der Waals surface area (Å²) in [5.41, 5.74) is 0.978. The minimum absolute atomic E-state index is 0.176. The summed E-state index contributed by atoms with van der Waals surface area (Å²) >= 11 is 1.48. The van der Waals surface area contributed by atoms with Gasteiger partial charge < -0.3 is 0 Å². The first-order chi connectivity index (χ1) is 7.25. The van der Waals surface area contributed by atoms with Crippen molar-refractivity contribution >= 4 is 28.4 Å². The molecule has 1 aromatic heterocycles. The molecule has 0 N–H and O–H groups in total. The van der Waals surface area contributed by atoms with Crippen LogP contribution >= 0.6 is 11.8 Å². The highest BCUT2D eigenvalue weighted by molar-refractivity contribution is 7.99. The van der Waals surface area contributed by atoms with Crippen molar-refractivity contribution in [3.05, 3.63) is 36.4 Å². The summed E-state index contributed by atoms with van der Waals surface area (Å²) in [5, 5.41) is 2.04. The van der Waals surface area contributed by atoms with Gasteiger partial charge in [0.2, 0.25) is 0 Å². The Bertz CT molecular complexity index is 496. The zero-order valence-corrected chi connectivity index (χ0v) is 9.25. The maximum atomic E-state index is 10.8. The number of hydrogen-bond acceptors (Lipinski definition) is 3. The summed E-state index contributed by atoms with van der Waals surface area (Å²) in [4.78, 5) is 15.3. The lowest BCUT2D eigenvalue weighted by atomic mass is 10.2. The first-order valence-corrected chi connectivity index (χ1v) is 5.72. The molecule has 0 aliphatic rings. The summed E-state index contributed by atoms with van der Waals surface area (Å²) in [6.45, 7) is 1.59. The Kier molecular flexibility index (Phi) is 3.02. The lowest BCUT2D eigenvalue weighted by Gasteiger charge is -2.00. The second kappa shape index (κ2) is 4.45. The van der Waals surface area contributed by atoms with E-state index in [4.69, 9.17) is 0 Å². The number of Topliss-reactive ketones (excluding diaryl/α,β-unsaturated/α-hetero) is 1. The summed E-state index contributed by atoms with van der Waals surface area (Å²) < 4.78 is 0. The van der Waals surface area contributed by atoms with Crippen LogP contribution in [0.2, 0.25) is 0 Å². The van der Waals surface area contributed by atoms with E-state index in [9.17, 15) is 4.79 Å². The van der Waals surface area contributed by atoms with E-state index in [0.717, 1.165) is 15.9 Å². The first-order valence-electron chi connectivity index (χ1n) is 4.74. The van der Waals surface area contributed by atoms with Gasteiger partial charge >= 0.3 is 0 Å². The molecule has 0 spiro atoms. The van der Waals surface area contributed by atoms with E-state index in [1.165, 1.54) is 11.8 Å². The zero-order chi connectivity index (χ0) is 10.7. The van der Waals surface area contributed by atoms with Gasteiger partial charge in [0, 0.05) is 5.39 Å². The summed E-state index contributed by atoms with van der Waals surface area (Å²) in [6.07, 6.45) is 0. The molecule has 15 heavy (non-hydrogen) atoms. The molecule has 2 aromatic rings. The molecule has 0 fully saturated rings. The summed E-state index contributed by atoms with van der Waals surface area (Å²) in [7, 11) is 0. The van der Waals surface area contributed by atoms with Gasteiger partial charge in [-0.1, -0.05) is 36.0 Å². The highest BCUT2D eigenvalue weighted by Crippen LogP contribution is 2.19. The Labute approximate surface area is 92.7 Å². The van der Waals surface area contributed by atoms with E-state index in [1.807, 2.05) is 36.4 Å². The van der Waals surface area contributed by atoms with E-state index in [2.05, 4.69) is 4.98 Å². The van der Waals surface area contributed by atoms with Gasteiger partial charge in [-0.05, 0) is 19.1 Å². The predicted octanol–water partition coefficient (Wildman–Crippen LogP) is 2.92. The number of ketones is 1. The summed E-state index contributed by atoms with van der Waals surface area (Å²) in [6, 6.07) is 12.0. The molecule has 1 aromatic carbocycles. The molecule has 0 aliphatic carbocycles. The Morgan fingerprint density at radius 2 is 2.07 bits per heavy atom. The molecule has 0 aliphatic heterocycles. The van der Waals surface area contributed by atoms with Crippen LogP contribution in [0, 0.1) is 0 Å². The number of fused-ring (bicyclic) bond motifs is 1. The highest BCUT2D eigenvalue weighted by Gasteiger charge is 2.00. The quantitative estimate of drug-likeness (QED) is 0.740. The molecule has 0 amide bonds. The van der Waals surface area contributed by atoms with Crippen LogP contribution in [0.25, 0.3) is 10.9 Å². The van der Waals surface area contributed by atoms with Crippen molar-refractivity contribution < 1.29 is 4.79 Å². The summed E-state index contributed by atoms with van der Waals surface area (Å²) in [5.74, 6) is 0.667. The predicted molar refractivity (Wildman–Crippen MR) is 63.1 cm³/mol. The van der Waals surface area contributed by atoms with Gasteiger partial charge in [0.15, 0.2) is 0 Å². The van der Waals surface area contributed by atoms with Gasteiger partial charge in [-0.15, -0.1) is 0 Å². The van der Waals surface area contributed by atoms with Crippen LogP contribution in [0.1, 0.15) is 6.92 Å². The average Bonchev–Trinajstić information content (AvgIpc) is 2.26. The minimum Gasteiger partial charge on any atom is -0.299 e. The molecule has 2 nitrogen and oxygen atoms in total. The van der Waals surface area contributed by atoms with Crippen LogP contribution in [0.15, 0.2) is 41.4 Å². The van der Waals surface area contributed by atoms with E-state index >= 15 is 0 Å². The smallest absolute Gasteiger partial charge is 0.140 e. The van der Waals surface area contributed by atoms with Crippen molar-refractivity contribution in [1.82, 2.24) is 4.98 Å². The number of aromatic nitrogens is 1. The molecule has 0 bridgehead atoms. The van der Waals surface area contributed by atoms with Crippen molar-refractivity contribution in [3.63, 3.8) is 0 Å². The molecule has 76 valence electrons. The van der Waals surface area contributed by atoms with Gasteiger partial charge in [0.05, 0.1) is 16.3 Å². The molecular formula is C12H11NOS. The fraction of sp³-hybridized carbons (Fsp3) is 0.167. The molecule has 0 saturated heterocycles. The third-order valence-electron chi connectivity index (χ3n) is 2.00. The normalized spacial score (nSPS) is 10.5.